The minimum Gasteiger partial charge on any atom is -0.480 e. The molecule has 1 N–H and O–H groups in total. The first-order valence-electron chi connectivity index (χ1n) is 5.74. The van der Waals surface area contributed by atoms with Gasteiger partial charge in [-0.15, -0.1) is 11.8 Å². The lowest BCUT2D eigenvalue weighted by molar-refractivity contribution is -0.157. The Morgan fingerprint density at radius 1 is 1.50 bits per heavy atom. The fourth-order valence-electron chi connectivity index (χ4n) is 2.11. The van der Waals surface area contributed by atoms with Gasteiger partial charge < -0.3 is 10.0 Å². The van der Waals surface area contributed by atoms with Crippen molar-refractivity contribution in [2.45, 2.75) is 24.3 Å². The van der Waals surface area contributed by atoms with Crippen molar-refractivity contribution in [1.29, 1.82) is 0 Å². The summed E-state index contributed by atoms with van der Waals surface area (Å²) in [6.45, 7) is 0. The summed E-state index contributed by atoms with van der Waals surface area (Å²) in [7, 11) is 0. The summed E-state index contributed by atoms with van der Waals surface area (Å²) in [6.07, 6.45) is 2.70. The summed E-state index contributed by atoms with van der Waals surface area (Å²) in [5, 5.41) is 9.30. The molecule has 96 valence electrons. The van der Waals surface area contributed by atoms with Gasteiger partial charge in [-0.05, 0) is 11.8 Å². The molecular formula is C13H15NO3S. The van der Waals surface area contributed by atoms with Crippen molar-refractivity contribution in [2.75, 3.05) is 6.26 Å². The molecule has 0 saturated carbocycles. The summed E-state index contributed by atoms with van der Waals surface area (Å²) in [5.74, 6) is -1.01. The Morgan fingerprint density at radius 3 is 2.67 bits per heavy atom. The van der Waals surface area contributed by atoms with Crippen LogP contribution in [0.25, 0.3) is 0 Å². The molecule has 0 spiro atoms. The second-order valence-electron chi connectivity index (χ2n) is 4.24. The summed E-state index contributed by atoms with van der Waals surface area (Å²) in [5.41, 5.74) is 0.935. The van der Waals surface area contributed by atoms with Gasteiger partial charge in [-0.3, -0.25) is 4.79 Å². The lowest BCUT2D eigenvalue weighted by Gasteiger charge is -2.43. The van der Waals surface area contributed by atoms with E-state index in [2.05, 4.69) is 0 Å². The highest BCUT2D eigenvalue weighted by atomic mass is 32.2. The van der Waals surface area contributed by atoms with E-state index in [-0.39, 0.29) is 11.3 Å². The van der Waals surface area contributed by atoms with Crippen LogP contribution < -0.4 is 0 Å². The van der Waals surface area contributed by atoms with E-state index in [4.69, 9.17) is 0 Å². The predicted octanol–water partition coefficient (Wildman–Crippen LogP) is 1.60. The van der Waals surface area contributed by atoms with Crippen LogP contribution >= 0.6 is 11.8 Å². The zero-order valence-electron chi connectivity index (χ0n) is 10.1. The number of rotatable bonds is 5. The number of aliphatic carboxylic acids is 1. The summed E-state index contributed by atoms with van der Waals surface area (Å²) < 4.78 is 0. The molecule has 4 nitrogen and oxygen atoms in total. The van der Waals surface area contributed by atoms with Gasteiger partial charge in [0, 0.05) is 6.42 Å². The first-order valence-corrected chi connectivity index (χ1v) is 7.03. The molecule has 5 heteroatoms. The lowest BCUT2D eigenvalue weighted by atomic mass is 10.0. The van der Waals surface area contributed by atoms with Crippen molar-refractivity contribution in [3.63, 3.8) is 0 Å². The van der Waals surface area contributed by atoms with E-state index < -0.39 is 12.0 Å². The molecule has 18 heavy (non-hydrogen) atoms. The SMILES string of the molecule is CSC1CC(=O)N1C(Cc1ccccc1)C(=O)O. The quantitative estimate of drug-likeness (QED) is 0.822. The fraction of sp³-hybridized carbons (Fsp3) is 0.385. The van der Waals surface area contributed by atoms with Crippen LogP contribution in [-0.2, 0) is 16.0 Å². The number of amides is 1. The Balaban J connectivity index is 2.14. The molecule has 1 aliphatic heterocycles. The zero-order valence-corrected chi connectivity index (χ0v) is 10.9. The van der Waals surface area contributed by atoms with E-state index >= 15 is 0 Å². The second-order valence-corrected chi connectivity index (χ2v) is 5.25. The number of carboxylic acid groups (broad SMARTS) is 1. The molecular weight excluding hydrogens is 250 g/mol. The Bertz CT molecular complexity index is 449. The fourth-order valence-corrected chi connectivity index (χ4v) is 2.92. The summed E-state index contributed by atoms with van der Waals surface area (Å²) in [6, 6.07) is 8.64. The van der Waals surface area contributed by atoms with E-state index in [1.165, 1.54) is 16.7 Å². The largest absolute Gasteiger partial charge is 0.480 e. The molecule has 1 aromatic rings. The summed E-state index contributed by atoms with van der Waals surface area (Å²) in [4.78, 5) is 24.4. The Hall–Kier alpha value is -1.49. The predicted molar refractivity (Wildman–Crippen MR) is 70.3 cm³/mol. The molecule has 2 unspecified atom stereocenters. The number of hydrogen-bond acceptors (Lipinski definition) is 3. The number of thioether (sulfide) groups is 1. The standard InChI is InChI=1S/C13H15NO3S/c1-18-12-8-11(15)14(12)10(13(16)17)7-9-5-3-2-4-6-9/h2-6,10,12H,7-8H2,1H3,(H,16,17). The van der Waals surface area contributed by atoms with Crippen molar-refractivity contribution in [3.05, 3.63) is 35.9 Å². The maximum absolute atomic E-state index is 11.6. The van der Waals surface area contributed by atoms with Gasteiger partial charge in [0.15, 0.2) is 0 Å². The van der Waals surface area contributed by atoms with Gasteiger partial charge in [-0.25, -0.2) is 4.79 Å². The molecule has 1 amide bonds. The van der Waals surface area contributed by atoms with Gasteiger partial charge in [0.25, 0.3) is 0 Å². The maximum atomic E-state index is 11.6. The smallest absolute Gasteiger partial charge is 0.326 e. The minimum atomic E-state index is -0.939. The first kappa shape index (κ1) is 13.0. The Labute approximate surface area is 110 Å². The third kappa shape index (κ3) is 2.51. The van der Waals surface area contributed by atoms with E-state index in [1.54, 1.807) is 0 Å². The van der Waals surface area contributed by atoms with Crippen LogP contribution in [0.4, 0.5) is 0 Å². The van der Waals surface area contributed by atoms with E-state index in [0.29, 0.717) is 12.8 Å². The first-order chi connectivity index (χ1) is 8.63. The average molecular weight is 265 g/mol. The van der Waals surface area contributed by atoms with Crippen LogP contribution in [0.5, 0.6) is 0 Å². The molecule has 2 atom stereocenters. The van der Waals surface area contributed by atoms with Gasteiger partial charge in [0.05, 0.1) is 11.8 Å². The molecule has 0 bridgehead atoms. The molecule has 1 saturated heterocycles. The topological polar surface area (TPSA) is 57.6 Å². The van der Waals surface area contributed by atoms with Crippen molar-refractivity contribution < 1.29 is 14.7 Å². The van der Waals surface area contributed by atoms with Crippen molar-refractivity contribution >= 4 is 23.6 Å². The maximum Gasteiger partial charge on any atom is 0.326 e. The van der Waals surface area contributed by atoms with E-state index in [1.807, 2.05) is 36.6 Å². The van der Waals surface area contributed by atoms with Crippen LogP contribution in [0.2, 0.25) is 0 Å². The third-order valence-electron chi connectivity index (χ3n) is 3.11. The van der Waals surface area contributed by atoms with E-state index in [9.17, 15) is 14.7 Å². The number of likely N-dealkylation sites (tertiary alicyclic amines) is 1. The molecule has 1 fully saturated rings. The average Bonchev–Trinajstić information content (AvgIpc) is 2.36. The van der Waals surface area contributed by atoms with Gasteiger partial charge in [-0.2, -0.15) is 0 Å². The van der Waals surface area contributed by atoms with Gasteiger partial charge in [-0.1, -0.05) is 30.3 Å². The Kier molecular flexibility index (Phi) is 3.91. The van der Waals surface area contributed by atoms with Crippen LogP contribution in [0.1, 0.15) is 12.0 Å². The number of β-lactam (4-membered cyclic amide) rings is 1. The molecule has 1 aromatic carbocycles. The second kappa shape index (κ2) is 5.44. The summed E-state index contributed by atoms with van der Waals surface area (Å²) >= 11 is 1.52. The minimum absolute atomic E-state index is 0.00214. The monoisotopic (exact) mass is 265 g/mol. The van der Waals surface area contributed by atoms with Gasteiger partial charge >= 0.3 is 5.97 Å². The molecule has 0 aliphatic carbocycles. The third-order valence-corrected chi connectivity index (χ3v) is 4.05. The van der Waals surface area contributed by atoms with Gasteiger partial charge in [0.1, 0.15) is 6.04 Å². The number of carboxylic acids is 1. The number of carbonyl (C=O) groups is 2. The lowest BCUT2D eigenvalue weighted by Crippen LogP contribution is -2.59. The molecule has 1 aliphatic rings. The van der Waals surface area contributed by atoms with Crippen molar-refractivity contribution in [2.24, 2.45) is 0 Å². The van der Waals surface area contributed by atoms with Crippen LogP contribution in [0, 0.1) is 0 Å². The molecule has 2 rings (SSSR count). The molecule has 1 heterocycles. The number of hydrogen-bond donors (Lipinski definition) is 1. The van der Waals surface area contributed by atoms with E-state index in [0.717, 1.165) is 5.56 Å². The highest BCUT2D eigenvalue weighted by Crippen LogP contribution is 2.31. The van der Waals surface area contributed by atoms with Crippen molar-refractivity contribution in [3.8, 4) is 0 Å². The number of carbonyl (C=O) groups excluding carboxylic acids is 1. The molecule has 0 aromatic heterocycles. The van der Waals surface area contributed by atoms with Crippen molar-refractivity contribution in [1.82, 2.24) is 4.90 Å². The van der Waals surface area contributed by atoms with Gasteiger partial charge in [0.2, 0.25) is 5.91 Å². The number of nitrogens with zero attached hydrogens (tertiary/aromatic N) is 1. The zero-order chi connectivity index (χ0) is 13.1. The highest BCUT2D eigenvalue weighted by Gasteiger charge is 2.43. The molecule has 0 radical (unpaired) electrons. The van der Waals surface area contributed by atoms with Crippen LogP contribution in [0.3, 0.4) is 0 Å². The highest BCUT2D eigenvalue weighted by molar-refractivity contribution is 7.99. The van der Waals surface area contributed by atoms with Crippen LogP contribution in [-0.4, -0.2) is 39.6 Å². The van der Waals surface area contributed by atoms with Crippen LogP contribution in [0.15, 0.2) is 30.3 Å². The number of benzene rings is 1. The normalized spacial score (nSPS) is 20.4. The Morgan fingerprint density at radius 2 is 2.17 bits per heavy atom.